The number of aromatic nitrogens is 1. The maximum absolute atomic E-state index is 12.5. The fourth-order valence-corrected chi connectivity index (χ4v) is 3.43. The van der Waals surface area contributed by atoms with E-state index in [-0.39, 0.29) is 5.91 Å². The van der Waals surface area contributed by atoms with Crippen LogP contribution >= 0.6 is 0 Å². The average molecular weight is 396 g/mol. The van der Waals surface area contributed by atoms with Gasteiger partial charge in [0.25, 0.3) is 0 Å². The molecule has 0 atom stereocenters. The predicted molar refractivity (Wildman–Crippen MR) is 120 cm³/mol. The summed E-state index contributed by atoms with van der Waals surface area (Å²) in [6.45, 7) is 2.08. The molecule has 0 aliphatic rings. The van der Waals surface area contributed by atoms with E-state index in [2.05, 4.69) is 12.2 Å². The lowest BCUT2D eigenvalue weighted by Crippen LogP contribution is -2.13. The molecule has 30 heavy (non-hydrogen) atoms. The second-order valence-electron chi connectivity index (χ2n) is 7.08. The molecular formula is C26H24N2O2. The van der Waals surface area contributed by atoms with Gasteiger partial charge in [-0.2, -0.15) is 0 Å². The lowest BCUT2D eigenvalue weighted by atomic mass is 10.1. The van der Waals surface area contributed by atoms with Gasteiger partial charge in [-0.05, 0) is 18.1 Å². The minimum absolute atomic E-state index is 0.0448. The third kappa shape index (κ3) is 4.49. The maximum Gasteiger partial charge on any atom is 0.224 e. The molecule has 0 fully saturated rings. The van der Waals surface area contributed by atoms with Crippen LogP contribution in [-0.4, -0.2) is 10.9 Å². The van der Waals surface area contributed by atoms with Crippen LogP contribution in [0.4, 0.5) is 5.69 Å². The van der Waals surface area contributed by atoms with Gasteiger partial charge < -0.3 is 9.73 Å². The number of carbonyl (C=O) groups excluding carboxylic acids is 1. The van der Waals surface area contributed by atoms with Gasteiger partial charge in [0.15, 0.2) is 11.7 Å². The van der Waals surface area contributed by atoms with E-state index in [1.165, 1.54) is 0 Å². The molecule has 0 saturated heterocycles. The molecule has 4 rings (SSSR count). The maximum atomic E-state index is 12.5. The lowest BCUT2D eigenvalue weighted by Gasteiger charge is -2.08. The van der Waals surface area contributed by atoms with Gasteiger partial charge in [-0.25, -0.2) is 4.98 Å². The number of para-hydroxylation sites is 1. The summed E-state index contributed by atoms with van der Waals surface area (Å²) in [7, 11) is 0. The predicted octanol–water partition coefficient (Wildman–Crippen LogP) is 6.14. The van der Waals surface area contributed by atoms with Gasteiger partial charge in [-0.3, -0.25) is 4.79 Å². The van der Waals surface area contributed by atoms with Gasteiger partial charge >= 0.3 is 0 Å². The summed E-state index contributed by atoms with van der Waals surface area (Å²) < 4.78 is 6.11. The molecule has 4 nitrogen and oxygen atoms in total. The van der Waals surface area contributed by atoms with E-state index in [1.54, 1.807) is 0 Å². The molecule has 1 amide bonds. The van der Waals surface area contributed by atoms with Crippen LogP contribution in [0, 0.1) is 0 Å². The molecule has 4 aromatic rings. The molecule has 0 aliphatic carbocycles. The summed E-state index contributed by atoms with van der Waals surface area (Å²) in [5, 5.41) is 3.01. The van der Waals surface area contributed by atoms with Crippen LogP contribution in [0.3, 0.4) is 0 Å². The fraction of sp³-hybridized carbons (Fsp3) is 0.154. The summed E-state index contributed by atoms with van der Waals surface area (Å²) in [4.78, 5) is 17.2. The van der Waals surface area contributed by atoms with Crippen LogP contribution in [-0.2, 0) is 17.6 Å². The molecule has 0 unspecified atom stereocenters. The topological polar surface area (TPSA) is 55.1 Å². The van der Waals surface area contributed by atoms with Gasteiger partial charge in [0.1, 0.15) is 5.69 Å². The Labute approximate surface area is 176 Å². The van der Waals surface area contributed by atoms with Crippen LogP contribution in [0.2, 0.25) is 0 Å². The van der Waals surface area contributed by atoms with Gasteiger partial charge in [0, 0.05) is 29.7 Å². The van der Waals surface area contributed by atoms with Crippen molar-refractivity contribution < 1.29 is 9.21 Å². The normalized spacial score (nSPS) is 10.7. The Kier molecular flexibility index (Phi) is 6.04. The van der Waals surface area contributed by atoms with E-state index in [4.69, 9.17) is 9.40 Å². The number of nitrogens with one attached hydrogen (secondary N) is 1. The minimum Gasteiger partial charge on any atom is -0.440 e. The largest absolute Gasteiger partial charge is 0.440 e. The van der Waals surface area contributed by atoms with E-state index >= 15 is 0 Å². The van der Waals surface area contributed by atoms with Crippen LogP contribution in [0.25, 0.3) is 22.6 Å². The fourth-order valence-electron chi connectivity index (χ4n) is 3.43. The summed E-state index contributed by atoms with van der Waals surface area (Å²) in [5.41, 5.74) is 4.75. The van der Waals surface area contributed by atoms with Crippen molar-refractivity contribution in [2.24, 2.45) is 0 Å². The first-order valence-electron chi connectivity index (χ1n) is 10.2. The zero-order valence-corrected chi connectivity index (χ0v) is 17.0. The molecule has 0 radical (unpaired) electrons. The first-order valence-corrected chi connectivity index (χ1v) is 10.2. The summed E-state index contributed by atoms with van der Waals surface area (Å²) in [6.07, 6.45) is 1.62. The van der Waals surface area contributed by atoms with E-state index in [0.717, 1.165) is 40.3 Å². The number of anilines is 1. The van der Waals surface area contributed by atoms with Crippen molar-refractivity contribution >= 4 is 11.6 Å². The lowest BCUT2D eigenvalue weighted by molar-refractivity contribution is -0.116. The van der Waals surface area contributed by atoms with Crippen LogP contribution < -0.4 is 5.32 Å². The number of carbonyl (C=O) groups is 1. The number of hydrogen-bond donors (Lipinski definition) is 1. The number of aryl methyl sites for hydroxylation is 2. The zero-order chi connectivity index (χ0) is 20.8. The second-order valence-corrected chi connectivity index (χ2v) is 7.08. The molecule has 1 heterocycles. The standard InChI is InChI=1S/C26H24N2O2/c1-2-19-11-9-10-16-22(19)27-23(29)17-18-24-28-25(20-12-5-3-6-13-20)26(30-24)21-14-7-4-8-15-21/h3-16H,2,17-18H2,1H3,(H,27,29). The van der Waals surface area contributed by atoms with Gasteiger partial charge in [0.2, 0.25) is 5.91 Å². The summed E-state index contributed by atoms with van der Waals surface area (Å²) in [6, 6.07) is 27.8. The third-order valence-corrected chi connectivity index (χ3v) is 4.99. The zero-order valence-electron chi connectivity index (χ0n) is 17.0. The Morgan fingerprint density at radius 2 is 1.50 bits per heavy atom. The van der Waals surface area contributed by atoms with E-state index < -0.39 is 0 Å². The second kappa shape index (κ2) is 9.23. The van der Waals surface area contributed by atoms with Crippen molar-refractivity contribution in [1.82, 2.24) is 4.98 Å². The Balaban J connectivity index is 1.53. The number of hydrogen-bond acceptors (Lipinski definition) is 3. The van der Waals surface area contributed by atoms with Gasteiger partial charge in [-0.15, -0.1) is 0 Å². The van der Waals surface area contributed by atoms with Gasteiger partial charge in [0.05, 0.1) is 0 Å². The molecule has 1 aromatic heterocycles. The van der Waals surface area contributed by atoms with Crippen LogP contribution in [0.1, 0.15) is 24.8 Å². The number of oxazole rings is 1. The van der Waals surface area contributed by atoms with Crippen molar-refractivity contribution in [2.45, 2.75) is 26.2 Å². The molecule has 0 bridgehead atoms. The summed E-state index contributed by atoms with van der Waals surface area (Å²) >= 11 is 0. The van der Waals surface area contributed by atoms with E-state index in [9.17, 15) is 4.79 Å². The van der Waals surface area contributed by atoms with Crippen molar-refractivity contribution in [3.8, 4) is 22.6 Å². The molecule has 150 valence electrons. The van der Waals surface area contributed by atoms with E-state index in [0.29, 0.717) is 18.7 Å². The molecule has 3 aromatic carbocycles. The smallest absolute Gasteiger partial charge is 0.224 e. The van der Waals surface area contributed by atoms with Crippen molar-refractivity contribution in [1.29, 1.82) is 0 Å². The van der Waals surface area contributed by atoms with Crippen LogP contribution in [0.5, 0.6) is 0 Å². The average Bonchev–Trinajstić information content (AvgIpc) is 3.24. The quantitative estimate of drug-likeness (QED) is 0.408. The number of benzene rings is 3. The Morgan fingerprint density at radius 1 is 0.867 bits per heavy atom. The first-order chi connectivity index (χ1) is 14.7. The highest BCUT2D eigenvalue weighted by Gasteiger charge is 2.17. The van der Waals surface area contributed by atoms with Crippen molar-refractivity contribution in [3.63, 3.8) is 0 Å². The number of nitrogens with zero attached hydrogens (tertiary/aromatic N) is 1. The molecular weight excluding hydrogens is 372 g/mol. The number of amides is 1. The first kappa shape index (κ1) is 19.6. The monoisotopic (exact) mass is 396 g/mol. The summed E-state index contributed by atoms with van der Waals surface area (Å²) in [5.74, 6) is 1.25. The van der Waals surface area contributed by atoms with Crippen molar-refractivity contribution in [2.75, 3.05) is 5.32 Å². The third-order valence-electron chi connectivity index (χ3n) is 4.99. The van der Waals surface area contributed by atoms with E-state index in [1.807, 2.05) is 84.9 Å². The molecule has 0 aliphatic heterocycles. The Bertz CT molecular complexity index is 1060. The Morgan fingerprint density at radius 3 is 2.20 bits per heavy atom. The minimum atomic E-state index is -0.0448. The molecule has 1 N–H and O–H groups in total. The Hall–Kier alpha value is -3.66. The molecule has 0 saturated carbocycles. The highest BCUT2D eigenvalue weighted by molar-refractivity contribution is 5.91. The number of rotatable bonds is 7. The molecule has 0 spiro atoms. The SMILES string of the molecule is CCc1ccccc1NC(=O)CCc1nc(-c2ccccc2)c(-c2ccccc2)o1. The van der Waals surface area contributed by atoms with Crippen molar-refractivity contribution in [3.05, 3.63) is 96.4 Å². The molecule has 4 heteroatoms. The highest BCUT2D eigenvalue weighted by atomic mass is 16.4. The van der Waals surface area contributed by atoms with Crippen LogP contribution in [0.15, 0.2) is 89.3 Å². The van der Waals surface area contributed by atoms with Gasteiger partial charge in [-0.1, -0.05) is 85.8 Å². The highest BCUT2D eigenvalue weighted by Crippen LogP contribution is 2.32.